The fraction of sp³-hybridized carbons (Fsp3) is 0.846. The molecule has 6 heteroatoms. The fourth-order valence-electron chi connectivity index (χ4n) is 2.89. The van der Waals surface area contributed by atoms with Gasteiger partial charge in [-0.15, -0.1) is 0 Å². The number of hydrogen-bond donors (Lipinski definition) is 2. The van der Waals surface area contributed by atoms with Gasteiger partial charge < -0.3 is 20.0 Å². The lowest BCUT2D eigenvalue weighted by Gasteiger charge is -2.42. The monoisotopic (exact) mass is 270 g/mol. The van der Waals surface area contributed by atoms with Gasteiger partial charge in [0.05, 0.1) is 6.61 Å². The van der Waals surface area contributed by atoms with Crippen LogP contribution in [0, 0.1) is 0 Å². The Hall–Kier alpha value is -1.30. The van der Waals surface area contributed by atoms with E-state index >= 15 is 0 Å². The lowest BCUT2D eigenvalue weighted by Crippen LogP contribution is -2.58. The lowest BCUT2D eigenvalue weighted by atomic mass is 9.91. The van der Waals surface area contributed by atoms with E-state index in [0.717, 1.165) is 19.3 Å². The van der Waals surface area contributed by atoms with Crippen LogP contribution in [0.15, 0.2) is 0 Å². The number of carbonyl (C=O) groups is 2. The molecule has 0 aromatic heterocycles. The zero-order valence-corrected chi connectivity index (χ0v) is 11.3. The van der Waals surface area contributed by atoms with Gasteiger partial charge in [-0.25, -0.2) is 9.59 Å². The second-order valence-electron chi connectivity index (χ2n) is 5.62. The standard InChI is InChI=1S/C13H22N2O4/c1-13(11(17)18)6-3-7-15(13)12(19)14(8-9-16)10-4-2-5-10/h10,16H,2-9H2,1H3,(H,17,18). The van der Waals surface area contributed by atoms with Gasteiger partial charge in [0.25, 0.3) is 0 Å². The number of aliphatic hydroxyl groups excluding tert-OH is 1. The number of aliphatic carboxylic acids is 1. The molecular weight excluding hydrogens is 248 g/mol. The summed E-state index contributed by atoms with van der Waals surface area (Å²) in [4.78, 5) is 27.1. The van der Waals surface area contributed by atoms with Gasteiger partial charge in [-0.2, -0.15) is 0 Å². The predicted octanol–water partition coefficient (Wildman–Crippen LogP) is 0.892. The van der Waals surface area contributed by atoms with Crippen molar-refractivity contribution < 1.29 is 19.8 Å². The first kappa shape index (κ1) is 14.1. The summed E-state index contributed by atoms with van der Waals surface area (Å²) in [6, 6.07) is -0.0700. The molecule has 0 aromatic rings. The molecule has 1 atom stereocenters. The molecule has 0 aromatic carbocycles. The summed E-state index contributed by atoms with van der Waals surface area (Å²) in [5.74, 6) is -0.948. The average molecular weight is 270 g/mol. The van der Waals surface area contributed by atoms with Gasteiger partial charge in [-0.05, 0) is 39.0 Å². The number of carbonyl (C=O) groups excluding carboxylic acids is 1. The number of amides is 2. The van der Waals surface area contributed by atoms with Crippen molar-refractivity contribution >= 4 is 12.0 Å². The number of aliphatic hydroxyl groups is 1. The Labute approximate surface area is 113 Å². The number of carboxylic acids is 1. The van der Waals surface area contributed by atoms with Crippen molar-refractivity contribution in [3.05, 3.63) is 0 Å². The van der Waals surface area contributed by atoms with Crippen LogP contribution in [0.1, 0.15) is 39.0 Å². The van der Waals surface area contributed by atoms with Crippen LogP contribution < -0.4 is 0 Å². The molecule has 19 heavy (non-hydrogen) atoms. The van der Waals surface area contributed by atoms with E-state index in [4.69, 9.17) is 5.11 Å². The minimum absolute atomic E-state index is 0.0835. The number of urea groups is 1. The first-order chi connectivity index (χ1) is 9.00. The maximum Gasteiger partial charge on any atom is 0.329 e. The Balaban J connectivity index is 2.14. The summed E-state index contributed by atoms with van der Waals surface area (Å²) in [6.07, 6.45) is 4.20. The lowest BCUT2D eigenvalue weighted by molar-refractivity contribution is -0.147. The third-order valence-electron chi connectivity index (χ3n) is 4.43. The molecule has 0 spiro atoms. The molecule has 2 N–H and O–H groups in total. The molecule has 1 aliphatic carbocycles. The second-order valence-corrected chi connectivity index (χ2v) is 5.62. The summed E-state index contributed by atoms with van der Waals surface area (Å²) in [5.41, 5.74) is -1.10. The summed E-state index contributed by atoms with van der Waals surface area (Å²) >= 11 is 0. The highest BCUT2D eigenvalue weighted by Crippen LogP contribution is 2.33. The fourth-order valence-corrected chi connectivity index (χ4v) is 2.89. The van der Waals surface area contributed by atoms with E-state index < -0.39 is 11.5 Å². The van der Waals surface area contributed by atoms with Crippen LogP contribution in [0.3, 0.4) is 0 Å². The molecule has 2 rings (SSSR count). The van der Waals surface area contributed by atoms with E-state index in [0.29, 0.717) is 19.4 Å². The van der Waals surface area contributed by atoms with Gasteiger partial charge in [0, 0.05) is 19.1 Å². The Morgan fingerprint density at radius 3 is 2.53 bits per heavy atom. The zero-order valence-electron chi connectivity index (χ0n) is 11.3. The number of hydrogen-bond acceptors (Lipinski definition) is 3. The average Bonchev–Trinajstić information content (AvgIpc) is 2.69. The minimum Gasteiger partial charge on any atom is -0.480 e. The zero-order chi connectivity index (χ0) is 14.0. The quantitative estimate of drug-likeness (QED) is 0.795. The molecule has 2 fully saturated rings. The predicted molar refractivity (Wildman–Crippen MR) is 68.8 cm³/mol. The molecule has 1 heterocycles. The van der Waals surface area contributed by atoms with Crippen LogP contribution in [0.4, 0.5) is 4.79 Å². The molecule has 1 aliphatic heterocycles. The number of rotatable bonds is 4. The molecule has 2 amide bonds. The molecule has 0 bridgehead atoms. The van der Waals surface area contributed by atoms with Crippen molar-refractivity contribution in [3.63, 3.8) is 0 Å². The SMILES string of the molecule is CC1(C(=O)O)CCCN1C(=O)N(CCO)C1CCC1. The number of carboxylic acid groups (broad SMARTS) is 1. The van der Waals surface area contributed by atoms with Crippen molar-refractivity contribution in [2.75, 3.05) is 19.7 Å². The summed E-state index contributed by atoms with van der Waals surface area (Å²) < 4.78 is 0. The highest BCUT2D eigenvalue weighted by molar-refractivity contribution is 5.86. The molecule has 108 valence electrons. The van der Waals surface area contributed by atoms with Gasteiger partial charge >= 0.3 is 12.0 Å². The van der Waals surface area contributed by atoms with Crippen LogP contribution in [0.25, 0.3) is 0 Å². The summed E-state index contributed by atoms with van der Waals surface area (Å²) in [6.45, 7) is 2.30. The van der Waals surface area contributed by atoms with Gasteiger partial charge in [-0.3, -0.25) is 0 Å². The Bertz CT molecular complexity index is 370. The third-order valence-corrected chi connectivity index (χ3v) is 4.43. The molecule has 2 aliphatic rings. The van der Waals surface area contributed by atoms with E-state index in [2.05, 4.69) is 0 Å². The van der Waals surface area contributed by atoms with Crippen molar-refractivity contribution in [3.8, 4) is 0 Å². The van der Waals surface area contributed by atoms with E-state index in [-0.39, 0.29) is 25.2 Å². The van der Waals surface area contributed by atoms with Crippen molar-refractivity contribution in [2.24, 2.45) is 0 Å². The maximum atomic E-state index is 12.6. The van der Waals surface area contributed by atoms with Crippen molar-refractivity contribution in [2.45, 2.75) is 50.6 Å². The maximum absolute atomic E-state index is 12.6. The first-order valence-corrected chi connectivity index (χ1v) is 6.93. The molecule has 0 radical (unpaired) electrons. The first-order valence-electron chi connectivity index (χ1n) is 6.93. The largest absolute Gasteiger partial charge is 0.480 e. The molecule has 6 nitrogen and oxygen atoms in total. The van der Waals surface area contributed by atoms with Gasteiger partial charge in [-0.1, -0.05) is 0 Å². The number of nitrogens with zero attached hydrogens (tertiary/aromatic N) is 2. The van der Waals surface area contributed by atoms with E-state index in [9.17, 15) is 14.7 Å². The Morgan fingerprint density at radius 2 is 2.05 bits per heavy atom. The molecule has 1 saturated carbocycles. The second kappa shape index (κ2) is 5.36. The molecule has 1 unspecified atom stereocenters. The van der Waals surface area contributed by atoms with Crippen LogP contribution in [-0.2, 0) is 4.79 Å². The number of likely N-dealkylation sites (tertiary alicyclic amines) is 1. The Morgan fingerprint density at radius 1 is 1.37 bits per heavy atom. The molecular formula is C13H22N2O4. The van der Waals surface area contributed by atoms with Crippen molar-refractivity contribution in [1.82, 2.24) is 9.80 Å². The van der Waals surface area contributed by atoms with Gasteiger partial charge in [0.1, 0.15) is 5.54 Å². The highest BCUT2D eigenvalue weighted by atomic mass is 16.4. The van der Waals surface area contributed by atoms with E-state index in [1.54, 1.807) is 11.8 Å². The van der Waals surface area contributed by atoms with Crippen LogP contribution in [0.2, 0.25) is 0 Å². The summed E-state index contributed by atoms with van der Waals surface area (Å²) in [5, 5.41) is 18.5. The highest BCUT2D eigenvalue weighted by Gasteiger charge is 2.48. The Kier molecular flexibility index (Phi) is 3.99. The van der Waals surface area contributed by atoms with Crippen LogP contribution >= 0.6 is 0 Å². The summed E-state index contributed by atoms with van der Waals surface area (Å²) in [7, 11) is 0. The van der Waals surface area contributed by atoms with Gasteiger partial charge in [0.2, 0.25) is 0 Å². The van der Waals surface area contributed by atoms with Crippen LogP contribution in [-0.4, -0.2) is 63.3 Å². The van der Waals surface area contributed by atoms with E-state index in [1.807, 2.05) is 0 Å². The minimum atomic E-state index is -1.10. The van der Waals surface area contributed by atoms with E-state index in [1.165, 1.54) is 4.90 Å². The molecule has 1 saturated heterocycles. The van der Waals surface area contributed by atoms with Crippen LogP contribution in [0.5, 0.6) is 0 Å². The third kappa shape index (κ3) is 2.41. The van der Waals surface area contributed by atoms with Gasteiger partial charge in [0.15, 0.2) is 0 Å². The normalized spacial score (nSPS) is 27.2. The topological polar surface area (TPSA) is 81.1 Å². The smallest absolute Gasteiger partial charge is 0.329 e. The van der Waals surface area contributed by atoms with Crippen molar-refractivity contribution in [1.29, 1.82) is 0 Å².